The number of nitrogens with one attached hydrogen (secondary N) is 1. The van der Waals surface area contributed by atoms with E-state index in [9.17, 15) is 9.59 Å². The number of rotatable bonds is 6. The molecular formula is C18H26N2O4. The largest absolute Gasteiger partial charge is 0.481 e. The summed E-state index contributed by atoms with van der Waals surface area (Å²) >= 11 is 0. The van der Waals surface area contributed by atoms with Gasteiger partial charge in [0.1, 0.15) is 0 Å². The summed E-state index contributed by atoms with van der Waals surface area (Å²) < 4.78 is 5.63. The Morgan fingerprint density at radius 3 is 2.67 bits per heavy atom. The van der Waals surface area contributed by atoms with Gasteiger partial charge in [0.15, 0.2) is 0 Å². The lowest BCUT2D eigenvalue weighted by Gasteiger charge is -2.38. The standard InChI is InChI=1S/C18H26N2O4/c1-18(2)13-20(10-11-24-18)17(23)19-15(8-9-16(21)22)12-14-6-4-3-5-7-14/h3-7,15H,8-13H2,1-2H3,(H,19,23)(H,21,22). The normalized spacial score (nSPS) is 18.0. The molecule has 2 amide bonds. The molecule has 1 aliphatic rings. The summed E-state index contributed by atoms with van der Waals surface area (Å²) in [7, 11) is 0. The van der Waals surface area contributed by atoms with Crippen molar-refractivity contribution in [3.05, 3.63) is 35.9 Å². The van der Waals surface area contributed by atoms with Crippen LogP contribution < -0.4 is 5.32 Å². The Balaban J connectivity index is 1.98. The van der Waals surface area contributed by atoms with Gasteiger partial charge in [0.2, 0.25) is 0 Å². The molecule has 132 valence electrons. The van der Waals surface area contributed by atoms with Crippen molar-refractivity contribution in [3.8, 4) is 0 Å². The van der Waals surface area contributed by atoms with Crippen LogP contribution in [0.5, 0.6) is 0 Å². The molecule has 6 nitrogen and oxygen atoms in total. The smallest absolute Gasteiger partial charge is 0.317 e. The summed E-state index contributed by atoms with van der Waals surface area (Å²) in [4.78, 5) is 25.2. The van der Waals surface area contributed by atoms with Gasteiger partial charge in [-0.1, -0.05) is 30.3 Å². The summed E-state index contributed by atoms with van der Waals surface area (Å²) in [5.41, 5.74) is 0.724. The third kappa shape index (κ3) is 5.85. The van der Waals surface area contributed by atoms with Gasteiger partial charge in [-0.15, -0.1) is 0 Å². The summed E-state index contributed by atoms with van der Waals surface area (Å²) in [5, 5.41) is 11.9. The van der Waals surface area contributed by atoms with Crippen LogP contribution in [0, 0.1) is 0 Å². The Kier molecular flexibility index (Phi) is 6.20. The maximum Gasteiger partial charge on any atom is 0.317 e. The van der Waals surface area contributed by atoms with Crippen LogP contribution in [0.15, 0.2) is 30.3 Å². The second-order valence-corrected chi connectivity index (χ2v) is 6.80. The Bertz CT molecular complexity index is 559. The Labute approximate surface area is 142 Å². The zero-order chi connectivity index (χ0) is 17.6. The van der Waals surface area contributed by atoms with Crippen LogP contribution in [0.2, 0.25) is 0 Å². The number of morpholine rings is 1. The summed E-state index contributed by atoms with van der Waals surface area (Å²) in [5.74, 6) is -0.852. The maximum atomic E-state index is 12.5. The number of benzene rings is 1. The summed E-state index contributed by atoms with van der Waals surface area (Å²) in [6, 6.07) is 9.42. The highest BCUT2D eigenvalue weighted by molar-refractivity contribution is 5.75. The molecule has 24 heavy (non-hydrogen) atoms. The van der Waals surface area contributed by atoms with Gasteiger partial charge < -0.3 is 20.1 Å². The first-order valence-electron chi connectivity index (χ1n) is 8.31. The zero-order valence-electron chi connectivity index (χ0n) is 14.3. The van der Waals surface area contributed by atoms with E-state index in [1.165, 1.54) is 0 Å². The van der Waals surface area contributed by atoms with Crippen LogP contribution >= 0.6 is 0 Å². The molecule has 1 heterocycles. The Morgan fingerprint density at radius 2 is 2.04 bits per heavy atom. The van der Waals surface area contributed by atoms with Crippen molar-refractivity contribution in [1.82, 2.24) is 10.2 Å². The summed E-state index contributed by atoms with van der Waals surface area (Å²) in [6.45, 7) is 5.50. The van der Waals surface area contributed by atoms with E-state index in [0.717, 1.165) is 5.56 Å². The zero-order valence-corrected chi connectivity index (χ0v) is 14.3. The number of carbonyl (C=O) groups is 2. The number of amides is 2. The second-order valence-electron chi connectivity index (χ2n) is 6.80. The van der Waals surface area contributed by atoms with Crippen molar-refractivity contribution in [2.75, 3.05) is 19.7 Å². The molecule has 1 aromatic carbocycles. The van der Waals surface area contributed by atoms with E-state index in [4.69, 9.17) is 9.84 Å². The summed E-state index contributed by atoms with van der Waals surface area (Å²) in [6.07, 6.45) is 1.06. The SMILES string of the molecule is CC1(C)CN(C(=O)NC(CCC(=O)O)Cc2ccccc2)CCO1. The van der Waals surface area contributed by atoms with Gasteiger partial charge in [0.25, 0.3) is 0 Å². The van der Waals surface area contributed by atoms with E-state index in [0.29, 0.717) is 32.5 Å². The van der Waals surface area contributed by atoms with Crippen molar-refractivity contribution < 1.29 is 19.4 Å². The van der Waals surface area contributed by atoms with Crippen LogP contribution in [0.4, 0.5) is 4.79 Å². The molecule has 2 N–H and O–H groups in total. The lowest BCUT2D eigenvalue weighted by molar-refractivity contribution is -0.137. The van der Waals surface area contributed by atoms with Crippen LogP contribution in [0.3, 0.4) is 0 Å². The molecular weight excluding hydrogens is 308 g/mol. The van der Waals surface area contributed by atoms with Gasteiger partial charge in [-0.3, -0.25) is 4.79 Å². The average molecular weight is 334 g/mol. The number of carbonyl (C=O) groups excluding carboxylic acids is 1. The van der Waals surface area contributed by atoms with Crippen molar-refractivity contribution in [1.29, 1.82) is 0 Å². The number of hydrogen-bond donors (Lipinski definition) is 2. The molecule has 1 atom stereocenters. The lowest BCUT2D eigenvalue weighted by atomic mass is 10.0. The minimum Gasteiger partial charge on any atom is -0.481 e. The maximum absolute atomic E-state index is 12.5. The fourth-order valence-corrected chi connectivity index (χ4v) is 2.88. The van der Waals surface area contributed by atoms with E-state index in [2.05, 4.69) is 5.32 Å². The molecule has 1 saturated heterocycles. The number of urea groups is 1. The van der Waals surface area contributed by atoms with Crippen LogP contribution in [-0.4, -0.2) is 53.3 Å². The molecule has 0 saturated carbocycles. The molecule has 1 aromatic rings. The number of nitrogens with zero attached hydrogens (tertiary/aromatic N) is 1. The van der Waals surface area contributed by atoms with E-state index in [-0.39, 0.29) is 24.1 Å². The van der Waals surface area contributed by atoms with E-state index < -0.39 is 5.97 Å². The van der Waals surface area contributed by atoms with Crippen molar-refractivity contribution in [3.63, 3.8) is 0 Å². The third-order valence-corrected chi connectivity index (χ3v) is 4.07. The number of carboxylic acids is 1. The Morgan fingerprint density at radius 1 is 1.33 bits per heavy atom. The third-order valence-electron chi connectivity index (χ3n) is 4.07. The Hall–Kier alpha value is -2.08. The molecule has 0 aliphatic carbocycles. The van der Waals surface area contributed by atoms with Crippen molar-refractivity contribution >= 4 is 12.0 Å². The van der Waals surface area contributed by atoms with Gasteiger partial charge in [-0.2, -0.15) is 0 Å². The number of carboxylic acid groups (broad SMARTS) is 1. The average Bonchev–Trinajstić information content (AvgIpc) is 2.52. The first-order chi connectivity index (χ1) is 11.4. The van der Waals surface area contributed by atoms with Crippen LogP contribution in [0.25, 0.3) is 0 Å². The molecule has 0 spiro atoms. The fourth-order valence-electron chi connectivity index (χ4n) is 2.88. The second kappa shape index (κ2) is 8.15. The molecule has 0 aromatic heterocycles. The predicted octanol–water partition coefficient (Wildman–Crippen LogP) is 2.28. The fraction of sp³-hybridized carbons (Fsp3) is 0.556. The van der Waals surface area contributed by atoms with Crippen molar-refractivity contribution in [2.45, 2.75) is 44.8 Å². The van der Waals surface area contributed by atoms with Gasteiger partial charge in [0, 0.05) is 19.0 Å². The predicted molar refractivity (Wildman–Crippen MR) is 90.9 cm³/mol. The quantitative estimate of drug-likeness (QED) is 0.836. The molecule has 2 rings (SSSR count). The highest BCUT2D eigenvalue weighted by Crippen LogP contribution is 2.17. The molecule has 1 fully saturated rings. The van der Waals surface area contributed by atoms with Gasteiger partial charge in [-0.05, 0) is 32.3 Å². The van der Waals surface area contributed by atoms with Crippen molar-refractivity contribution in [2.24, 2.45) is 0 Å². The van der Waals surface area contributed by atoms with Crippen LogP contribution in [0.1, 0.15) is 32.3 Å². The topological polar surface area (TPSA) is 78.9 Å². The highest BCUT2D eigenvalue weighted by atomic mass is 16.5. The minimum atomic E-state index is -0.852. The molecule has 6 heteroatoms. The van der Waals surface area contributed by atoms with Gasteiger partial charge >= 0.3 is 12.0 Å². The first-order valence-corrected chi connectivity index (χ1v) is 8.31. The molecule has 1 aliphatic heterocycles. The van der Waals surface area contributed by atoms with E-state index in [1.54, 1.807) is 4.90 Å². The van der Waals surface area contributed by atoms with E-state index in [1.807, 2.05) is 44.2 Å². The van der Waals surface area contributed by atoms with Gasteiger partial charge in [0.05, 0.1) is 18.8 Å². The monoisotopic (exact) mass is 334 g/mol. The van der Waals surface area contributed by atoms with Gasteiger partial charge in [-0.25, -0.2) is 4.79 Å². The lowest BCUT2D eigenvalue weighted by Crippen LogP contribution is -2.55. The number of ether oxygens (including phenoxy) is 1. The molecule has 0 bridgehead atoms. The van der Waals surface area contributed by atoms with E-state index >= 15 is 0 Å². The first kappa shape index (κ1) is 18.3. The molecule has 1 unspecified atom stereocenters. The highest BCUT2D eigenvalue weighted by Gasteiger charge is 2.30. The molecule has 0 radical (unpaired) electrons. The number of aliphatic carboxylic acids is 1. The number of hydrogen-bond acceptors (Lipinski definition) is 3. The van der Waals surface area contributed by atoms with Crippen LogP contribution in [-0.2, 0) is 16.0 Å². The minimum absolute atomic E-state index is 0.0341.